The lowest BCUT2D eigenvalue weighted by Crippen LogP contribution is -2.38. The van der Waals surface area contributed by atoms with Gasteiger partial charge in [0.1, 0.15) is 5.82 Å². The molecule has 31 heavy (non-hydrogen) atoms. The fourth-order valence-corrected chi connectivity index (χ4v) is 5.37. The molecule has 0 atom stereocenters. The normalized spacial score (nSPS) is 15.8. The second kappa shape index (κ2) is 9.18. The van der Waals surface area contributed by atoms with Gasteiger partial charge in [-0.2, -0.15) is 5.10 Å². The van der Waals surface area contributed by atoms with Crippen molar-refractivity contribution in [2.45, 2.75) is 58.4 Å². The van der Waals surface area contributed by atoms with Crippen molar-refractivity contribution in [3.05, 3.63) is 41.5 Å². The van der Waals surface area contributed by atoms with E-state index in [1.165, 1.54) is 0 Å². The van der Waals surface area contributed by atoms with Gasteiger partial charge in [-0.25, -0.2) is 9.67 Å². The predicted octanol–water partition coefficient (Wildman–Crippen LogP) is 4.75. The van der Waals surface area contributed by atoms with Gasteiger partial charge in [-0.3, -0.25) is 9.59 Å². The zero-order valence-electron chi connectivity index (χ0n) is 18.0. The highest BCUT2D eigenvalue weighted by Crippen LogP contribution is 2.41. The largest absolute Gasteiger partial charge is 0.455 e. The lowest BCUT2D eigenvalue weighted by molar-refractivity contribution is -0.160. The Hall–Kier alpha value is -2.74. The maximum Gasteiger partial charge on any atom is 0.313 e. The van der Waals surface area contributed by atoms with E-state index in [9.17, 15) is 9.59 Å². The van der Waals surface area contributed by atoms with Gasteiger partial charge in [0.05, 0.1) is 26.8 Å². The number of nitrogens with one attached hydrogen (secondary N) is 1. The zero-order chi connectivity index (χ0) is 21.8. The number of para-hydroxylation sites is 1. The van der Waals surface area contributed by atoms with Crippen molar-refractivity contribution in [3.63, 3.8) is 0 Å². The number of aromatic nitrogens is 3. The van der Waals surface area contributed by atoms with Crippen molar-refractivity contribution in [2.75, 3.05) is 11.9 Å². The topological polar surface area (TPSA) is 86.1 Å². The van der Waals surface area contributed by atoms with Crippen LogP contribution in [0.3, 0.4) is 0 Å². The Balaban J connectivity index is 1.43. The molecule has 0 aliphatic heterocycles. The number of anilines is 1. The number of nitrogens with zero attached hydrogens (tertiary/aromatic N) is 3. The number of hydrogen-bond acceptors (Lipinski definition) is 6. The van der Waals surface area contributed by atoms with Gasteiger partial charge in [0, 0.05) is 18.5 Å². The molecule has 1 fully saturated rings. The molecule has 1 N–H and O–H groups in total. The summed E-state index contributed by atoms with van der Waals surface area (Å²) in [5, 5.41) is 7.94. The first-order chi connectivity index (χ1) is 15.0. The summed E-state index contributed by atoms with van der Waals surface area (Å²) in [6.45, 7) is 3.67. The molecular weight excluding hydrogens is 412 g/mol. The van der Waals surface area contributed by atoms with Crippen molar-refractivity contribution in [3.8, 4) is 0 Å². The number of thiazole rings is 1. The van der Waals surface area contributed by atoms with Gasteiger partial charge in [0.25, 0.3) is 5.91 Å². The third kappa shape index (κ3) is 4.79. The van der Waals surface area contributed by atoms with Crippen molar-refractivity contribution in [1.29, 1.82) is 0 Å². The Labute approximate surface area is 185 Å². The van der Waals surface area contributed by atoms with E-state index in [0.717, 1.165) is 47.3 Å². The third-order valence-electron chi connectivity index (χ3n) is 5.83. The zero-order valence-corrected chi connectivity index (χ0v) is 18.8. The van der Waals surface area contributed by atoms with Gasteiger partial charge < -0.3 is 10.1 Å². The molecule has 0 saturated heterocycles. The van der Waals surface area contributed by atoms with E-state index in [4.69, 9.17) is 9.72 Å². The van der Waals surface area contributed by atoms with E-state index >= 15 is 0 Å². The van der Waals surface area contributed by atoms with E-state index in [0.29, 0.717) is 12.2 Å². The molecule has 164 valence electrons. The molecule has 0 unspecified atom stereocenters. The molecule has 0 spiro atoms. The number of hydrogen-bond donors (Lipinski definition) is 1. The molecule has 2 heterocycles. The molecular formula is C23H28N4O3S. The summed E-state index contributed by atoms with van der Waals surface area (Å²) in [4.78, 5) is 30.3. The van der Waals surface area contributed by atoms with Crippen LogP contribution in [0.2, 0.25) is 0 Å². The van der Waals surface area contributed by atoms with E-state index in [-0.39, 0.29) is 24.5 Å². The molecule has 1 amide bonds. The van der Waals surface area contributed by atoms with Crippen molar-refractivity contribution in [2.24, 2.45) is 5.41 Å². The van der Waals surface area contributed by atoms with Gasteiger partial charge in [-0.05, 0) is 38.8 Å². The van der Waals surface area contributed by atoms with Crippen LogP contribution >= 0.6 is 11.3 Å². The molecule has 1 aromatic carbocycles. The van der Waals surface area contributed by atoms with Crippen molar-refractivity contribution < 1.29 is 14.3 Å². The smallest absolute Gasteiger partial charge is 0.313 e. The molecule has 1 aliphatic rings. The minimum atomic E-state index is -0.605. The second-order valence-electron chi connectivity index (χ2n) is 8.47. The molecule has 2 aromatic heterocycles. The van der Waals surface area contributed by atoms with Gasteiger partial charge in [-0.1, -0.05) is 31.4 Å². The van der Waals surface area contributed by atoms with Gasteiger partial charge in [0.15, 0.2) is 6.61 Å². The average Bonchev–Trinajstić information content (AvgIpc) is 3.38. The summed E-state index contributed by atoms with van der Waals surface area (Å²) < 4.78 is 8.38. The Bertz CT molecular complexity index is 1030. The summed E-state index contributed by atoms with van der Waals surface area (Å²) in [6.07, 6.45) is 6.82. The number of fused-ring (bicyclic) bond motifs is 1. The quantitative estimate of drug-likeness (QED) is 0.536. The van der Waals surface area contributed by atoms with Crippen molar-refractivity contribution >= 4 is 39.2 Å². The van der Waals surface area contributed by atoms with Crippen LogP contribution in [0.5, 0.6) is 0 Å². The first-order valence-electron chi connectivity index (χ1n) is 10.8. The molecule has 0 radical (unpaired) electrons. The van der Waals surface area contributed by atoms with Crippen LogP contribution < -0.4 is 5.32 Å². The summed E-state index contributed by atoms with van der Waals surface area (Å²) in [7, 11) is 0. The molecule has 3 aromatic rings. The Morgan fingerprint density at radius 1 is 1.19 bits per heavy atom. The summed E-state index contributed by atoms with van der Waals surface area (Å²) in [5.41, 5.74) is 0.356. The first-order valence-corrected chi connectivity index (χ1v) is 11.6. The molecule has 4 rings (SSSR count). The van der Waals surface area contributed by atoms with Crippen LogP contribution in [-0.2, 0) is 20.7 Å². The monoisotopic (exact) mass is 440 g/mol. The summed E-state index contributed by atoms with van der Waals surface area (Å²) >= 11 is 1.63. The predicted molar refractivity (Wildman–Crippen MR) is 121 cm³/mol. The number of benzene rings is 1. The number of esters is 1. The third-order valence-corrected chi connectivity index (χ3v) is 6.87. The minimum Gasteiger partial charge on any atom is -0.455 e. The molecule has 7 nitrogen and oxygen atoms in total. The standard InChI is InChI=1S/C23H28N4O3S/c1-16(2)27-19(10-13-24-27)26-20(28)15-30-22(29)23(11-6-3-7-12-23)14-21-25-17-8-4-5-9-18(17)31-21/h4-5,8-10,13,16H,3,6-7,11-12,14-15H2,1-2H3,(H,26,28). The SMILES string of the molecule is CC(C)n1nccc1NC(=O)COC(=O)C1(Cc2nc3ccccc3s2)CCCCC1. The molecule has 1 aliphatic carbocycles. The number of carbonyl (C=O) groups excluding carboxylic acids is 2. The van der Waals surface area contributed by atoms with Crippen LogP contribution in [0.15, 0.2) is 36.5 Å². The minimum absolute atomic E-state index is 0.118. The van der Waals surface area contributed by atoms with Crippen LogP contribution in [-0.4, -0.2) is 33.2 Å². The van der Waals surface area contributed by atoms with Gasteiger partial charge in [-0.15, -0.1) is 11.3 Å². The number of rotatable bonds is 7. The van der Waals surface area contributed by atoms with Crippen molar-refractivity contribution in [1.82, 2.24) is 14.8 Å². The average molecular weight is 441 g/mol. The van der Waals surface area contributed by atoms with E-state index in [1.807, 2.05) is 32.0 Å². The maximum absolute atomic E-state index is 13.2. The Kier molecular flexibility index (Phi) is 6.36. The number of carbonyl (C=O) groups is 2. The fraction of sp³-hybridized carbons (Fsp3) is 0.478. The van der Waals surface area contributed by atoms with Crippen LogP contribution in [0.25, 0.3) is 10.2 Å². The van der Waals surface area contributed by atoms with Crippen LogP contribution in [0.4, 0.5) is 5.82 Å². The van der Waals surface area contributed by atoms with Crippen LogP contribution in [0.1, 0.15) is 57.0 Å². The Morgan fingerprint density at radius 2 is 1.97 bits per heavy atom. The van der Waals surface area contributed by atoms with E-state index in [2.05, 4.69) is 16.5 Å². The number of ether oxygens (including phenoxy) is 1. The van der Waals surface area contributed by atoms with Crippen LogP contribution in [0, 0.1) is 5.41 Å². The maximum atomic E-state index is 13.2. The van der Waals surface area contributed by atoms with E-state index in [1.54, 1.807) is 28.3 Å². The van der Waals surface area contributed by atoms with Gasteiger partial charge in [0.2, 0.25) is 0 Å². The highest BCUT2D eigenvalue weighted by atomic mass is 32.1. The summed E-state index contributed by atoms with van der Waals surface area (Å²) in [5.74, 6) is -0.0569. The summed E-state index contributed by atoms with van der Waals surface area (Å²) in [6, 6.07) is 9.86. The van der Waals surface area contributed by atoms with Gasteiger partial charge >= 0.3 is 5.97 Å². The first kappa shape index (κ1) is 21.5. The molecule has 1 saturated carbocycles. The molecule has 0 bridgehead atoms. The Morgan fingerprint density at radius 3 is 2.71 bits per heavy atom. The fourth-order valence-electron chi connectivity index (χ4n) is 4.25. The highest BCUT2D eigenvalue weighted by molar-refractivity contribution is 7.18. The lowest BCUT2D eigenvalue weighted by atomic mass is 9.72. The lowest BCUT2D eigenvalue weighted by Gasteiger charge is -2.34. The molecule has 8 heteroatoms. The number of amides is 1. The highest BCUT2D eigenvalue weighted by Gasteiger charge is 2.42. The van der Waals surface area contributed by atoms with E-state index < -0.39 is 5.41 Å². The second-order valence-corrected chi connectivity index (χ2v) is 9.59.